The standard InChI is InChI=1S/C22H15F3N6O2/c23-22(24,25)12-4-3-8-31-16(12)10-15(29-31)19-18-14(26-11-27-18)7-9-30(19)21(32)20-28-13-5-1-2-6-17(13)33-20/h1-6,8,10-11,19H,7,9H2,(H,26,27)/t19-/m0/s1. The third kappa shape index (κ3) is 3.07. The molecule has 0 saturated heterocycles. The Bertz CT molecular complexity index is 1480. The number of hydrogen-bond donors (Lipinski definition) is 1. The maximum Gasteiger partial charge on any atom is 0.418 e. The minimum absolute atomic E-state index is 0.0973. The predicted octanol–water partition coefficient (Wildman–Crippen LogP) is 4.01. The van der Waals surface area contributed by atoms with Crippen molar-refractivity contribution in [1.82, 2.24) is 29.5 Å². The number of alkyl halides is 3. The molecule has 0 aliphatic carbocycles. The lowest BCUT2D eigenvalue weighted by Crippen LogP contribution is -2.41. The van der Waals surface area contributed by atoms with Crippen LogP contribution >= 0.6 is 0 Å². The van der Waals surface area contributed by atoms with E-state index in [1.54, 1.807) is 24.3 Å². The number of para-hydroxylation sites is 2. The van der Waals surface area contributed by atoms with Crippen LogP contribution in [0.5, 0.6) is 0 Å². The summed E-state index contributed by atoms with van der Waals surface area (Å²) in [5, 5.41) is 4.38. The Kier molecular flexibility index (Phi) is 4.10. The van der Waals surface area contributed by atoms with E-state index < -0.39 is 23.7 Å². The van der Waals surface area contributed by atoms with Crippen molar-refractivity contribution >= 4 is 22.5 Å². The highest BCUT2D eigenvalue weighted by molar-refractivity contribution is 5.93. The second-order valence-electron chi connectivity index (χ2n) is 7.72. The number of oxazole rings is 1. The van der Waals surface area contributed by atoms with Gasteiger partial charge in [0.15, 0.2) is 5.58 Å². The summed E-state index contributed by atoms with van der Waals surface area (Å²) in [6, 6.07) is 9.84. The van der Waals surface area contributed by atoms with Crippen LogP contribution in [0.3, 0.4) is 0 Å². The van der Waals surface area contributed by atoms with Gasteiger partial charge in [-0.3, -0.25) is 4.79 Å². The van der Waals surface area contributed by atoms with Gasteiger partial charge in [-0.25, -0.2) is 14.5 Å². The maximum absolute atomic E-state index is 13.5. The summed E-state index contributed by atoms with van der Waals surface area (Å²) in [5.41, 5.74) is 1.70. The van der Waals surface area contributed by atoms with Crippen LogP contribution in [-0.4, -0.2) is 41.9 Å². The van der Waals surface area contributed by atoms with Gasteiger partial charge in [0.1, 0.15) is 11.6 Å². The fourth-order valence-corrected chi connectivity index (χ4v) is 4.29. The van der Waals surface area contributed by atoms with Crippen LogP contribution in [0, 0.1) is 0 Å². The number of hydrogen-bond acceptors (Lipinski definition) is 5. The Morgan fingerprint density at radius 1 is 1.18 bits per heavy atom. The molecule has 0 spiro atoms. The summed E-state index contributed by atoms with van der Waals surface area (Å²) in [4.78, 5) is 26.6. The Hall–Kier alpha value is -4.15. The molecule has 0 unspecified atom stereocenters. The van der Waals surface area contributed by atoms with Crippen molar-refractivity contribution in [3.63, 3.8) is 0 Å². The molecule has 1 N–H and O–H groups in total. The molecular weight excluding hydrogens is 437 g/mol. The monoisotopic (exact) mass is 452 g/mol. The number of amides is 1. The molecule has 5 aromatic rings. The summed E-state index contributed by atoms with van der Waals surface area (Å²) in [6.45, 7) is 0.289. The fraction of sp³-hybridized carbons (Fsp3) is 0.182. The molecule has 1 aliphatic heterocycles. The fourth-order valence-electron chi connectivity index (χ4n) is 4.29. The number of H-pyrrole nitrogens is 1. The number of pyridine rings is 1. The first-order valence-electron chi connectivity index (χ1n) is 10.1. The highest BCUT2D eigenvalue weighted by Crippen LogP contribution is 2.37. The SMILES string of the molecule is O=C(c1nc2ccccc2o1)N1CCc2[nH]cnc2[C@@H]1c1cc2c(C(F)(F)F)cccn2n1. The normalized spacial score (nSPS) is 16.5. The molecule has 11 heteroatoms. The van der Waals surface area contributed by atoms with Crippen molar-refractivity contribution in [2.45, 2.75) is 18.6 Å². The van der Waals surface area contributed by atoms with Gasteiger partial charge in [-0.2, -0.15) is 18.3 Å². The van der Waals surface area contributed by atoms with E-state index >= 15 is 0 Å². The minimum Gasteiger partial charge on any atom is -0.432 e. The number of benzene rings is 1. The van der Waals surface area contributed by atoms with Gasteiger partial charge in [-0.15, -0.1) is 0 Å². The van der Waals surface area contributed by atoms with Crippen LogP contribution < -0.4 is 0 Å². The van der Waals surface area contributed by atoms with Crippen molar-refractivity contribution in [2.75, 3.05) is 6.54 Å². The van der Waals surface area contributed by atoms with Crippen molar-refractivity contribution < 1.29 is 22.4 Å². The van der Waals surface area contributed by atoms with E-state index in [0.717, 1.165) is 11.8 Å². The number of carbonyl (C=O) groups is 1. The largest absolute Gasteiger partial charge is 0.432 e. The third-order valence-corrected chi connectivity index (χ3v) is 5.77. The molecule has 1 aliphatic rings. The molecule has 33 heavy (non-hydrogen) atoms. The van der Waals surface area contributed by atoms with Crippen molar-refractivity contribution in [3.05, 3.63) is 83.5 Å². The van der Waals surface area contributed by atoms with Crippen LogP contribution in [0.4, 0.5) is 13.2 Å². The zero-order valence-electron chi connectivity index (χ0n) is 16.9. The second-order valence-corrected chi connectivity index (χ2v) is 7.72. The topological polar surface area (TPSA) is 92.3 Å². The lowest BCUT2D eigenvalue weighted by Gasteiger charge is -2.32. The Morgan fingerprint density at radius 2 is 2.03 bits per heavy atom. The average Bonchev–Trinajstić information content (AvgIpc) is 3.53. The Balaban J connectivity index is 1.48. The summed E-state index contributed by atoms with van der Waals surface area (Å²) in [5.74, 6) is -0.585. The molecule has 166 valence electrons. The molecule has 8 nitrogen and oxygen atoms in total. The number of nitrogens with one attached hydrogen (secondary N) is 1. The smallest absolute Gasteiger partial charge is 0.418 e. The van der Waals surface area contributed by atoms with Crippen LogP contribution in [-0.2, 0) is 12.6 Å². The predicted molar refractivity (Wildman–Crippen MR) is 109 cm³/mol. The molecule has 1 atom stereocenters. The van der Waals surface area contributed by atoms with Crippen LogP contribution in [0.15, 0.2) is 59.4 Å². The van der Waals surface area contributed by atoms with E-state index in [2.05, 4.69) is 20.1 Å². The number of fused-ring (bicyclic) bond motifs is 3. The number of carbonyl (C=O) groups excluding carboxylic acids is 1. The number of halogens is 3. The number of aromatic nitrogens is 5. The average molecular weight is 452 g/mol. The van der Waals surface area contributed by atoms with E-state index in [-0.39, 0.29) is 23.6 Å². The van der Waals surface area contributed by atoms with Gasteiger partial charge in [-0.05, 0) is 30.3 Å². The van der Waals surface area contributed by atoms with Crippen LogP contribution in [0.25, 0.3) is 16.6 Å². The molecule has 1 amide bonds. The molecular formula is C22H15F3N6O2. The van der Waals surface area contributed by atoms with E-state index in [1.165, 1.54) is 34.1 Å². The zero-order valence-corrected chi connectivity index (χ0v) is 16.9. The second kappa shape index (κ2) is 6.92. The van der Waals surface area contributed by atoms with Crippen LogP contribution in [0.1, 0.15) is 39.4 Å². The van der Waals surface area contributed by atoms with E-state index in [0.29, 0.717) is 23.2 Å². The molecule has 0 radical (unpaired) electrons. The Labute approximate surface area is 183 Å². The molecule has 0 bridgehead atoms. The van der Waals surface area contributed by atoms with Gasteiger partial charge in [0.25, 0.3) is 5.89 Å². The number of imidazole rings is 1. The quantitative estimate of drug-likeness (QED) is 0.437. The summed E-state index contributed by atoms with van der Waals surface area (Å²) in [7, 11) is 0. The summed E-state index contributed by atoms with van der Waals surface area (Å²) < 4.78 is 47.5. The van der Waals surface area contributed by atoms with Crippen molar-refractivity contribution in [2.24, 2.45) is 0 Å². The maximum atomic E-state index is 13.5. The van der Waals surface area contributed by atoms with Gasteiger partial charge in [-0.1, -0.05) is 12.1 Å². The van der Waals surface area contributed by atoms with E-state index in [9.17, 15) is 18.0 Å². The van der Waals surface area contributed by atoms with Gasteiger partial charge in [0.05, 0.1) is 28.8 Å². The lowest BCUT2D eigenvalue weighted by atomic mass is 9.99. The highest BCUT2D eigenvalue weighted by Gasteiger charge is 2.39. The van der Waals surface area contributed by atoms with Gasteiger partial charge in [0.2, 0.25) is 0 Å². The number of nitrogens with zero attached hydrogens (tertiary/aromatic N) is 5. The van der Waals surface area contributed by atoms with Gasteiger partial charge >= 0.3 is 12.1 Å². The van der Waals surface area contributed by atoms with Gasteiger partial charge < -0.3 is 14.3 Å². The summed E-state index contributed by atoms with van der Waals surface area (Å²) in [6.07, 6.45) is -1.10. The van der Waals surface area contributed by atoms with Crippen LogP contribution in [0.2, 0.25) is 0 Å². The van der Waals surface area contributed by atoms with E-state index in [4.69, 9.17) is 4.42 Å². The summed E-state index contributed by atoms with van der Waals surface area (Å²) >= 11 is 0. The number of rotatable bonds is 2. The molecule has 0 fully saturated rings. The lowest BCUT2D eigenvalue weighted by molar-refractivity contribution is -0.136. The first-order valence-corrected chi connectivity index (χ1v) is 10.1. The Morgan fingerprint density at radius 3 is 2.85 bits per heavy atom. The van der Waals surface area contributed by atoms with Gasteiger partial charge in [0, 0.05) is 24.9 Å². The molecule has 6 rings (SSSR count). The van der Waals surface area contributed by atoms with E-state index in [1.807, 2.05) is 0 Å². The molecule has 4 aromatic heterocycles. The molecule has 5 heterocycles. The first-order chi connectivity index (χ1) is 15.9. The third-order valence-electron chi connectivity index (χ3n) is 5.77. The first kappa shape index (κ1) is 19.5. The molecule has 1 aromatic carbocycles. The number of aromatic amines is 1. The van der Waals surface area contributed by atoms with Crippen molar-refractivity contribution in [3.8, 4) is 0 Å². The van der Waals surface area contributed by atoms with Crippen molar-refractivity contribution in [1.29, 1.82) is 0 Å². The zero-order chi connectivity index (χ0) is 22.7. The minimum atomic E-state index is -4.54. The highest BCUT2D eigenvalue weighted by atomic mass is 19.4. The molecule has 0 saturated carbocycles.